The van der Waals surface area contributed by atoms with Crippen LogP contribution in [-0.4, -0.2) is 35.7 Å². The number of urea groups is 1. The minimum absolute atomic E-state index is 0.225. The molecule has 1 aromatic rings. The average molecular weight is 322 g/mol. The largest absolute Gasteiger partial charge is 0.398 e. The van der Waals surface area contributed by atoms with E-state index in [-0.39, 0.29) is 6.61 Å². The number of amides is 2. The van der Waals surface area contributed by atoms with Crippen LogP contribution >= 0.6 is 11.8 Å². The molecule has 0 aliphatic carbocycles. The molecule has 8 heteroatoms. The normalized spacial score (nSPS) is 12.9. The number of aliphatic hydroxyl groups excluding tert-OH is 1. The quantitative estimate of drug-likeness (QED) is 0.730. The Hall–Kier alpha value is -1.41. The fraction of sp³-hybridized carbons (Fsp3) is 0.462. The predicted molar refractivity (Wildman–Crippen MR) is 76.7 cm³/mol. The molecule has 0 heterocycles. The van der Waals surface area contributed by atoms with Gasteiger partial charge in [0.05, 0.1) is 24.1 Å². The molecule has 2 amide bonds. The first-order chi connectivity index (χ1) is 9.71. The lowest BCUT2D eigenvalue weighted by molar-refractivity contribution is -0.105. The predicted octanol–water partition coefficient (Wildman–Crippen LogP) is 3.15. The number of anilines is 1. The van der Waals surface area contributed by atoms with Crippen molar-refractivity contribution in [2.75, 3.05) is 17.7 Å². The number of aliphatic hydroxyl groups is 1. The zero-order valence-electron chi connectivity index (χ0n) is 11.6. The van der Waals surface area contributed by atoms with Gasteiger partial charge in [0, 0.05) is 4.90 Å². The van der Waals surface area contributed by atoms with E-state index in [1.54, 1.807) is 26.0 Å². The molecule has 4 nitrogen and oxygen atoms in total. The number of aryl methyl sites for hydroxylation is 1. The van der Waals surface area contributed by atoms with Gasteiger partial charge in [-0.1, -0.05) is 6.07 Å². The number of halogens is 3. The molecule has 21 heavy (non-hydrogen) atoms. The first kappa shape index (κ1) is 17.6. The number of rotatable bonds is 5. The van der Waals surface area contributed by atoms with E-state index in [1.165, 1.54) is 6.07 Å². The first-order valence-corrected chi connectivity index (χ1v) is 7.18. The van der Waals surface area contributed by atoms with Gasteiger partial charge < -0.3 is 15.7 Å². The van der Waals surface area contributed by atoms with Gasteiger partial charge in [-0.25, -0.2) is 4.79 Å². The molecule has 0 aliphatic heterocycles. The van der Waals surface area contributed by atoms with Crippen LogP contribution in [0.4, 0.5) is 23.7 Å². The maximum absolute atomic E-state index is 12.3. The van der Waals surface area contributed by atoms with Crippen molar-refractivity contribution in [3.8, 4) is 0 Å². The number of carbonyl (C=O) groups excluding carboxylic acids is 1. The van der Waals surface area contributed by atoms with Crippen molar-refractivity contribution in [1.29, 1.82) is 0 Å². The van der Waals surface area contributed by atoms with E-state index in [0.717, 1.165) is 5.56 Å². The summed E-state index contributed by atoms with van der Waals surface area (Å²) >= 11 is 0.612. The zero-order chi connectivity index (χ0) is 16.0. The van der Waals surface area contributed by atoms with Crippen molar-refractivity contribution in [2.24, 2.45) is 0 Å². The number of hydrogen-bond acceptors (Lipinski definition) is 3. The van der Waals surface area contributed by atoms with Crippen LogP contribution in [0.3, 0.4) is 0 Å². The summed E-state index contributed by atoms with van der Waals surface area (Å²) in [7, 11) is 0. The van der Waals surface area contributed by atoms with E-state index in [0.29, 0.717) is 22.3 Å². The van der Waals surface area contributed by atoms with E-state index in [9.17, 15) is 18.0 Å². The van der Waals surface area contributed by atoms with Crippen molar-refractivity contribution < 1.29 is 23.1 Å². The maximum atomic E-state index is 12.3. The average Bonchev–Trinajstić information content (AvgIpc) is 2.36. The Bertz CT molecular complexity index is 495. The summed E-state index contributed by atoms with van der Waals surface area (Å²) in [6.07, 6.45) is -4.28. The summed E-state index contributed by atoms with van der Waals surface area (Å²) in [6, 6.07) is 3.80. The fourth-order valence-corrected chi connectivity index (χ4v) is 2.20. The Morgan fingerprint density at radius 1 is 1.43 bits per heavy atom. The van der Waals surface area contributed by atoms with Crippen LogP contribution < -0.4 is 10.6 Å². The molecule has 0 bridgehead atoms. The summed E-state index contributed by atoms with van der Waals surface area (Å²) in [4.78, 5) is 12.0. The molecule has 0 saturated heterocycles. The van der Waals surface area contributed by atoms with Crippen LogP contribution in [0.1, 0.15) is 12.5 Å². The number of alkyl halides is 3. The number of carbonyl (C=O) groups is 1. The van der Waals surface area contributed by atoms with Crippen molar-refractivity contribution in [1.82, 2.24) is 5.32 Å². The Morgan fingerprint density at radius 2 is 2.10 bits per heavy atom. The third-order valence-electron chi connectivity index (χ3n) is 2.43. The molecule has 0 fully saturated rings. The van der Waals surface area contributed by atoms with Gasteiger partial charge in [-0.15, -0.1) is 11.8 Å². The minimum atomic E-state index is -4.28. The van der Waals surface area contributed by atoms with Gasteiger partial charge in [-0.2, -0.15) is 13.2 Å². The van der Waals surface area contributed by atoms with Gasteiger partial charge >= 0.3 is 12.2 Å². The molecule has 1 rings (SSSR count). The van der Waals surface area contributed by atoms with Gasteiger partial charge in [-0.05, 0) is 31.5 Å². The van der Waals surface area contributed by atoms with Crippen LogP contribution in [0, 0.1) is 6.92 Å². The second-order valence-corrected chi connectivity index (χ2v) is 5.60. The zero-order valence-corrected chi connectivity index (χ0v) is 12.4. The lowest BCUT2D eigenvalue weighted by Crippen LogP contribution is -2.38. The molecular formula is C13H17F3N2O2S. The second kappa shape index (κ2) is 7.56. The topological polar surface area (TPSA) is 61.4 Å². The van der Waals surface area contributed by atoms with Crippen LogP contribution in [-0.2, 0) is 0 Å². The highest BCUT2D eigenvalue weighted by atomic mass is 32.2. The highest BCUT2D eigenvalue weighted by Crippen LogP contribution is 2.32. The van der Waals surface area contributed by atoms with Crippen molar-refractivity contribution in [3.05, 3.63) is 23.8 Å². The van der Waals surface area contributed by atoms with Crippen LogP contribution in [0.2, 0.25) is 0 Å². The molecule has 0 saturated carbocycles. The molecule has 0 spiro atoms. The van der Waals surface area contributed by atoms with E-state index < -0.39 is 24.0 Å². The van der Waals surface area contributed by atoms with Gasteiger partial charge in [-0.3, -0.25) is 0 Å². The summed E-state index contributed by atoms with van der Waals surface area (Å²) in [5.41, 5.74) is 1.13. The molecule has 3 N–H and O–H groups in total. The molecule has 118 valence electrons. The Labute approximate surface area is 125 Å². The highest BCUT2D eigenvalue weighted by molar-refractivity contribution is 7.99. The third kappa shape index (κ3) is 6.72. The number of benzene rings is 1. The SMILES string of the molecule is Cc1ccc(SCC(F)(F)F)c(NC(=O)N[C@H](C)CO)c1. The van der Waals surface area contributed by atoms with Crippen LogP contribution in [0.25, 0.3) is 0 Å². The standard InChI is InChI=1S/C13H17F3N2O2S/c1-8-3-4-11(21-7-13(14,15)16)10(5-8)18-12(20)17-9(2)6-19/h3-5,9,19H,6-7H2,1-2H3,(H2,17,18,20)/t9-/m1/s1. The summed E-state index contributed by atoms with van der Waals surface area (Å²) in [5.74, 6) is -1.03. The Balaban J connectivity index is 2.79. The maximum Gasteiger partial charge on any atom is 0.398 e. The lowest BCUT2D eigenvalue weighted by Gasteiger charge is -2.15. The summed E-state index contributed by atoms with van der Waals surface area (Å²) < 4.78 is 36.9. The van der Waals surface area contributed by atoms with Crippen LogP contribution in [0.15, 0.2) is 23.1 Å². The van der Waals surface area contributed by atoms with E-state index in [1.807, 2.05) is 0 Å². The van der Waals surface area contributed by atoms with Gasteiger partial charge in [0.2, 0.25) is 0 Å². The van der Waals surface area contributed by atoms with E-state index in [4.69, 9.17) is 5.11 Å². The highest BCUT2D eigenvalue weighted by Gasteiger charge is 2.27. The smallest absolute Gasteiger partial charge is 0.394 e. The first-order valence-electron chi connectivity index (χ1n) is 6.20. The molecule has 1 aromatic carbocycles. The minimum Gasteiger partial charge on any atom is -0.394 e. The molecule has 1 atom stereocenters. The summed E-state index contributed by atoms with van der Waals surface area (Å²) in [5, 5.41) is 13.8. The Kier molecular flexibility index (Phi) is 6.35. The lowest BCUT2D eigenvalue weighted by atomic mass is 10.2. The molecule has 0 aliphatic rings. The van der Waals surface area contributed by atoms with Gasteiger partial charge in [0.1, 0.15) is 0 Å². The third-order valence-corrected chi connectivity index (χ3v) is 3.56. The van der Waals surface area contributed by atoms with Crippen molar-refractivity contribution >= 4 is 23.5 Å². The van der Waals surface area contributed by atoms with Gasteiger partial charge in [0.25, 0.3) is 0 Å². The molecule has 0 unspecified atom stereocenters. The number of nitrogens with one attached hydrogen (secondary N) is 2. The fourth-order valence-electron chi connectivity index (χ4n) is 1.45. The number of hydrogen-bond donors (Lipinski definition) is 3. The van der Waals surface area contributed by atoms with Crippen molar-refractivity contribution in [2.45, 2.75) is 31.0 Å². The van der Waals surface area contributed by atoms with E-state index >= 15 is 0 Å². The molecular weight excluding hydrogens is 305 g/mol. The monoisotopic (exact) mass is 322 g/mol. The van der Waals surface area contributed by atoms with Crippen molar-refractivity contribution in [3.63, 3.8) is 0 Å². The van der Waals surface area contributed by atoms with E-state index in [2.05, 4.69) is 10.6 Å². The van der Waals surface area contributed by atoms with Gasteiger partial charge in [0.15, 0.2) is 0 Å². The molecule has 0 aromatic heterocycles. The van der Waals surface area contributed by atoms with Crippen LogP contribution in [0.5, 0.6) is 0 Å². The Morgan fingerprint density at radius 3 is 2.67 bits per heavy atom. The second-order valence-electron chi connectivity index (χ2n) is 4.59. The summed E-state index contributed by atoms with van der Waals surface area (Å²) in [6.45, 7) is 3.16. The molecule has 0 radical (unpaired) electrons. The number of thioether (sulfide) groups is 1.